The molecule has 0 heterocycles. The fourth-order valence-electron chi connectivity index (χ4n) is 1.51. The number of carbonyl (C=O) groups is 1. The quantitative estimate of drug-likeness (QED) is 0.801. The van der Waals surface area contributed by atoms with Crippen molar-refractivity contribution in [3.8, 4) is 11.5 Å². The van der Waals surface area contributed by atoms with Gasteiger partial charge in [0.05, 0.1) is 21.3 Å². The summed E-state index contributed by atoms with van der Waals surface area (Å²) in [4.78, 5) is 11.2. The van der Waals surface area contributed by atoms with Gasteiger partial charge in [0, 0.05) is 5.56 Å². The molecule has 1 atom stereocenters. The number of ether oxygens (including phenoxy) is 3. The molecule has 0 aliphatic heterocycles. The van der Waals surface area contributed by atoms with E-state index >= 15 is 0 Å². The minimum absolute atomic E-state index is 0.371. The molecule has 0 saturated heterocycles. The highest BCUT2D eigenvalue weighted by molar-refractivity contribution is 5.76. The first-order valence-electron chi connectivity index (χ1n) is 5.03. The molecule has 0 radical (unpaired) electrons. The smallest absolute Gasteiger partial charge is 0.339 e. The molecular weight excluding hydrogens is 224 g/mol. The summed E-state index contributed by atoms with van der Waals surface area (Å²) in [5, 5.41) is 9.73. The van der Waals surface area contributed by atoms with E-state index in [1.807, 2.05) is 6.92 Å². The molecule has 1 aromatic rings. The number of methoxy groups -OCH3 is 3. The molecule has 0 amide bonds. The molecule has 0 saturated carbocycles. The highest BCUT2D eigenvalue weighted by atomic mass is 16.5. The lowest BCUT2D eigenvalue weighted by molar-refractivity contribution is -0.150. The first-order chi connectivity index (χ1) is 8.04. The number of hydrogen-bond donors (Lipinski definition) is 1. The Bertz CT molecular complexity index is 388. The SMILES string of the molecule is COC(=O)C(O)c1cc(OC)c(C)c(OC)c1. The Morgan fingerprint density at radius 2 is 1.65 bits per heavy atom. The second-order valence-corrected chi connectivity index (χ2v) is 3.48. The number of esters is 1. The summed E-state index contributed by atoms with van der Waals surface area (Å²) in [6, 6.07) is 3.17. The van der Waals surface area contributed by atoms with Crippen molar-refractivity contribution in [2.45, 2.75) is 13.0 Å². The molecule has 5 nitrogen and oxygen atoms in total. The number of aliphatic hydroxyl groups excluding tert-OH is 1. The minimum atomic E-state index is -1.34. The summed E-state index contributed by atoms with van der Waals surface area (Å²) < 4.78 is 14.8. The van der Waals surface area contributed by atoms with Crippen LogP contribution >= 0.6 is 0 Å². The normalized spacial score (nSPS) is 11.8. The van der Waals surface area contributed by atoms with Crippen molar-refractivity contribution in [1.29, 1.82) is 0 Å². The molecule has 0 fully saturated rings. The molecule has 17 heavy (non-hydrogen) atoms. The van der Waals surface area contributed by atoms with Gasteiger partial charge in [-0.25, -0.2) is 4.79 Å². The maximum absolute atomic E-state index is 11.2. The fourth-order valence-corrected chi connectivity index (χ4v) is 1.51. The lowest BCUT2D eigenvalue weighted by atomic mass is 10.1. The third kappa shape index (κ3) is 2.68. The van der Waals surface area contributed by atoms with Crippen molar-refractivity contribution in [2.24, 2.45) is 0 Å². The summed E-state index contributed by atoms with van der Waals surface area (Å²) >= 11 is 0. The maximum atomic E-state index is 11.2. The molecule has 1 N–H and O–H groups in total. The minimum Gasteiger partial charge on any atom is -0.496 e. The van der Waals surface area contributed by atoms with Gasteiger partial charge in [-0.05, 0) is 24.6 Å². The molecule has 0 bridgehead atoms. The lowest BCUT2D eigenvalue weighted by Gasteiger charge is -2.15. The molecular formula is C12H16O5. The van der Waals surface area contributed by atoms with E-state index < -0.39 is 12.1 Å². The van der Waals surface area contributed by atoms with Crippen LogP contribution in [0.3, 0.4) is 0 Å². The number of benzene rings is 1. The Labute approximate surface area is 99.9 Å². The maximum Gasteiger partial charge on any atom is 0.339 e. The van der Waals surface area contributed by atoms with Gasteiger partial charge in [-0.15, -0.1) is 0 Å². The standard InChI is InChI=1S/C12H16O5/c1-7-9(15-2)5-8(6-10(7)16-3)11(13)12(14)17-4/h5-6,11,13H,1-4H3. The molecule has 1 rings (SSSR count). The molecule has 0 aromatic heterocycles. The fraction of sp³-hybridized carbons (Fsp3) is 0.417. The summed E-state index contributed by atoms with van der Waals surface area (Å²) in [5.41, 5.74) is 1.17. The van der Waals surface area contributed by atoms with Crippen LogP contribution in [0.4, 0.5) is 0 Å². The van der Waals surface area contributed by atoms with E-state index in [0.717, 1.165) is 5.56 Å². The van der Waals surface area contributed by atoms with E-state index in [1.165, 1.54) is 21.3 Å². The zero-order chi connectivity index (χ0) is 13.0. The Hall–Kier alpha value is -1.75. The molecule has 0 spiro atoms. The van der Waals surface area contributed by atoms with Gasteiger partial charge in [0.1, 0.15) is 11.5 Å². The summed E-state index contributed by atoms with van der Waals surface area (Å²) in [6.07, 6.45) is -1.34. The van der Waals surface area contributed by atoms with Gasteiger partial charge in [-0.2, -0.15) is 0 Å². The van der Waals surface area contributed by atoms with Crippen LogP contribution < -0.4 is 9.47 Å². The van der Waals surface area contributed by atoms with Gasteiger partial charge in [0.2, 0.25) is 0 Å². The number of aliphatic hydroxyl groups is 1. The van der Waals surface area contributed by atoms with E-state index in [0.29, 0.717) is 17.1 Å². The van der Waals surface area contributed by atoms with Gasteiger partial charge >= 0.3 is 5.97 Å². The Morgan fingerprint density at radius 1 is 1.18 bits per heavy atom. The van der Waals surface area contributed by atoms with Crippen molar-refractivity contribution >= 4 is 5.97 Å². The van der Waals surface area contributed by atoms with Crippen molar-refractivity contribution in [2.75, 3.05) is 21.3 Å². The monoisotopic (exact) mass is 240 g/mol. The predicted molar refractivity (Wildman–Crippen MR) is 61.3 cm³/mol. The van der Waals surface area contributed by atoms with Crippen LogP contribution in [0.25, 0.3) is 0 Å². The zero-order valence-corrected chi connectivity index (χ0v) is 10.3. The summed E-state index contributed by atoms with van der Waals surface area (Å²) in [6.45, 7) is 1.83. The van der Waals surface area contributed by atoms with Crippen LogP contribution in [0.1, 0.15) is 17.2 Å². The summed E-state index contributed by atoms with van der Waals surface area (Å²) in [5.74, 6) is 0.363. The van der Waals surface area contributed by atoms with E-state index in [1.54, 1.807) is 12.1 Å². The van der Waals surface area contributed by atoms with Gasteiger partial charge in [-0.1, -0.05) is 0 Å². The largest absolute Gasteiger partial charge is 0.496 e. The first-order valence-corrected chi connectivity index (χ1v) is 5.03. The van der Waals surface area contributed by atoms with Crippen LogP contribution in [0.2, 0.25) is 0 Å². The Balaban J connectivity index is 3.21. The average molecular weight is 240 g/mol. The lowest BCUT2D eigenvalue weighted by Crippen LogP contribution is -2.13. The highest BCUT2D eigenvalue weighted by Gasteiger charge is 2.21. The first kappa shape index (κ1) is 13.3. The molecule has 1 aromatic carbocycles. The van der Waals surface area contributed by atoms with Crippen molar-refractivity contribution in [3.05, 3.63) is 23.3 Å². The second-order valence-electron chi connectivity index (χ2n) is 3.48. The number of hydrogen-bond acceptors (Lipinski definition) is 5. The van der Waals surface area contributed by atoms with Gasteiger partial charge in [0.25, 0.3) is 0 Å². The van der Waals surface area contributed by atoms with E-state index in [9.17, 15) is 9.90 Å². The van der Waals surface area contributed by atoms with E-state index in [-0.39, 0.29) is 0 Å². The van der Waals surface area contributed by atoms with Crippen LogP contribution in [-0.4, -0.2) is 32.4 Å². The molecule has 94 valence electrons. The van der Waals surface area contributed by atoms with E-state index in [2.05, 4.69) is 4.74 Å². The summed E-state index contributed by atoms with van der Waals surface area (Å²) in [7, 11) is 4.24. The third-order valence-corrected chi connectivity index (χ3v) is 2.51. The molecule has 0 aliphatic rings. The van der Waals surface area contributed by atoms with Gasteiger partial charge in [0.15, 0.2) is 6.10 Å². The van der Waals surface area contributed by atoms with Crippen molar-refractivity contribution in [1.82, 2.24) is 0 Å². The van der Waals surface area contributed by atoms with Crippen molar-refractivity contribution in [3.63, 3.8) is 0 Å². The average Bonchev–Trinajstić information content (AvgIpc) is 2.37. The van der Waals surface area contributed by atoms with E-state index in [4.69, 9.17) is 9.47 Å². The topological polar surface area (TPSA) is 65.0 Å². The van der Waals surface area contributed by atoms with Crippen LogP contribution in [0.5, 0.6) is 11.5 Å². The van der Waals surface area contributed by atoms with Crippen LogP contribution in [-0.2, 0) is 9.53 Å². The Kier molecular flexibility index (Phi) is 4.34. The van der Waals surface area contributed by atoms with Gasteiger partial charge < -0.3 is 19.3 Å². The zero-order valence-electron chi connectivity index (χ0n) is 10.3. The predicted octanol–water partition coefficient (Wildman–Crippen LogP) is 1.22. The third-order valence-electron chi connectivity index (χ3n) is 2.51. The van der Waals surface area contributed by atoms with Crippen LogP contribution in [0, 0.1) is 6.92 Å². The molecule has 5 heteroatoms. The van der Waals surface area contributed by atoms with Crippen LogP contribution in [0.15, 0.2) is 12.1 Å². The molecule has 1 unspecified atom stereocenters. The number of rotatable bonds is 4. The highest BCUT2D eigenvalue weighted by Crippen LogP contribution is 2.32. The molecule has 0 aliphatic carbocycles. The number of carbonyl (C=O) groups excluding carboxylic acids is 1. The van der Waals surface area contributed by atoms with Crippen molar-refractivity contribution < 1.29 is 24.1 Å². The second kappa shape index (κ2) is 5.54. The Morgan fingerprint density at radius 3 is 2.00 bits per heavy atom. The van der Waals surface area contributed by atoms with Gasteiger partial charge in [-0.3, -0.25) is 0 Å².